The van der Waals surface area contributed by atoms with Crippen LogP contribution in [-0.4, -0.2) is 50.6 Å². The Bertz CT molecular complexity index is 879. The molecular weight excluding hydrogens is 380 g/mol. The SMILES string of the molecule is COc1ccc(CCN(C)C(=O)C(NC(=O)c2ccccc2C)C(C)C)cc1OC. The Morgan fingerprint density at radius 1 is 1.03 bits per heavy atom. The van der Waals surface area contributed by atoms with Crippen LogP contribution in [0.5, 0.6) is 11.5 Å². The van der Waals surface area contributed by atoms with Gasteiger partial charge in [0.05, 0.1) is 14.2 Å². The number of amides is 2. The average molecular weight is 413 g/mol. The number of hydrogen-bond donors (Lipinski definition) is 1. The van der Waals surface area contributed by atoms with Gasteiger partial charge in [-0.3, -0.25) is 9.59 Å². The standard InChI is InChI=1S/C24H32N2O4/c1-16(2)22(25-23(27)19-10-8-7-9-17(19)3)24(28)26(4)14-13-18-11-12-20(29-5)21(15-18)30-6/h7-12,15-16,22H,13-14H2,1-6H3,(H,25,27). The van der Waals surface area contributed by atoms with Gasteiger partial charge in [0.2, 0.25) is 5.91 Å². The van der Waals surface area contributed by atoms with Crippen LogP contribution in [0.15, 0.2) is 42.5 Å². The van der Waals surface area contributed by atoms with Gasteiger partial charge in [-0.2, -0.15) is 0 Å². The summed E-state index contributed by atoms with van der Waals surface area (Å²) < 4.78 is 10.6. The molecule has 1 N–H and O–H groups in total. The van der Waals surface area contributed by atoms with Crippen LogP contribution in [0.3, 0.4) is 0 Å². The molecule has 0 saturated heterocycles. The first-order valence-corrected chi connectivity index (χ1v) is 10.1. The highest BCUT2D eigenvalue weighted by molar-refractivity contribution is 5.98. The number of benzene rings is 2. The third-order valence-electron chi connectivity index (χ3n) is 5.17. The highest BCUT2D eigenvalue weighted by atomic mass is 16.5. The van der Waals surface area contributed by atoms with Crippen molar-refractivity contribution in [1.82, 2.24) is 10.2 Å². The van der Waals surface area contributed by atoms with Gasteiger partial charge in [-0.25, -0.2) is 0 Å². The zero-order valence-electron chi connectivity index (χ0n) is 18.7. The summed E-state index contributed by atoms with van der Waals surface area (Å²) in [5.74, 6) is 0.967. The van der Waals surface area contributed by atoms with E-state index in [1.54, 1.807) is 32.2 Å². The van der Waals surface area contributed by atoms with Crippen molar-refractivity contribution in [2.24, 2.45) is 5.92 Å². The van der Waals surface area contributed by atoms with Gasteiger partial charge >= 0.3 is 0 Å². The maximum Gasteiger partial charge on any atom is 0.252 e. The van der Waals surface area contributed by atoms with Crippen molar-refractivity contribution in [3.63, 3.8) is 0 Å². The molecule has 2 rings (SSSR count). The molecule has 0 radical (unpaired) electrons. The van der Waals surface area contributed by atoms with E-state index in [1.165, 1.54) is 0 Å². The third-order valence-corrected chi connectivity index (χ3v) is 5.17. The van der Waals surface area contributed by atoms with E-state index in [9.17, 15) is 9.59 Å². The van der Waals surface area contributed by atoms with Crippen LogP contribution in [0.25, 0.3) is 0 Å². The molecule has 0 heterocycles. The van der Waals surface area contributed by atoms with Crippen molar-refractivity contribution >= 4 is 11.8 Å². The van der Waals surface area contributed by atoms with Crippen LogP contribution in [0.2, 0.25) is 0 Å². The lowest BCUT2D eigenvalue weighted by Crippen LogP contribution is -2.50. The number of nitrogens with one attached hydrogen (secondary N) is 1. The summed E-state index contributed by atoms with van der Waals surface area (Å²) in [6.07, 6.45) is 0.666. The summed E-state index contributed by atoms with van der Waals surface area (Å²) in [6.45, 7) is 6.28. The number of aryl methyl sites for hydroxylation is 1. The maximum atomic E-state index is 13.0. The van der Waals surface area contributed by atoms with Crippen molar-refractivity contribution in [3.8, 4) is 11.5 Å². The van der Waals surface area contributed by atoms with Crippen molar-refractivity contribution in [3.05, 3.63) is 59.2 Å². The monoisotopic (exact) mass is 412 g/mol. The molecule has 0 aromatic heterocycles. The molecular formula is C24H32N2O4. The minimum Gasteiger partial charge on any atom is -0.493 e. The minimum atomic E-state index is -0.590. The molecule has 0 aliphatic rings. The molecule has 6 nitrogen and oxygen atoms in total. The lowest BCUT2D eigenvalue weighted by molar-refractivity contribution is -0.133. The molecule has 6 heteroatoms. The normalized spacial score (nSPS) is 11.7. The Balaban J connectivity index is 2.04. The molecule has 1 unspecified atom stereocenters. The lowest BCUT2D eigenvalue weighted by Gasteiger charge is -2.27. The Labute approximate surface area is 179 Å². The van der Waals surface area contributed by atoms with E-state index in [-0.39, 0.29) is 17.7 Å². The van der Waals surface area contributed by atoms with Gasteiger partial charge in [0.25, 0.3) is 5.91 Å². The van der Waals surface area contributed by atoms with Gasteiger partial charge in [-0.1, -0.05) is 38.1 Å². The van der Waals surface area contributed by atoms with E-state index in [0.717, 1.165) is 11.1 Å². The molecule has 0 spiro atoms. The van der Waals surface area contributed by atoms with E-state index in [0.29, 0.717) is 30.0 Å². The zero-order chi connectivity index (χ0) is 22.3. The smallest absolute Gasteiger partial charge is 0.252 e. The first-order chi connectivity index (χ1) is 14.3. The number of nitrogens with zero attached hydrogens (tertiary/aromatic N) is 1. The first kappa shape index (κ1) is 23.3. The Kier molecular flexibility index (Phi) is 8.27. The second-order valence-electron chi connectivity index (χ2n) is 7.71. The molecule has 0 saturated carbocycles. The van der Waals surface area contributed by atoms with Gasteiger partial charge in [-0.15, -0.1) is 0 Å². The van der Waals surface area contributed by atoms with Gasteiger partial charge in [-0.05, 0) is 48.6 Å². The summed E-state index contributed by atoms with van der Waals surface area (Å²) in [5, 5.41) is 2.92. The number of ether oxygens (including phenoxy) is 2. The molecule has 2 aromatic rings. The van der Waals surface area contributed by atoms with Crippen molar-refractivity contribution < 1.29 is 19.1 Å². The lowest BCUT2D eigenvalue weighted by atomic mass is 10.0. The summed E-state index contributed by atoms with van der Waals surface area (Å²) in [6, 6.07) is 12.5. The molecule has 2 aromatic carbocycles. The fraction of sp³-hybridized carbons (Fsp3) is 0.417. The fourth-order valence-electron chi connectivity index (χ4n) is 3.24. The van der Waals surface area contributed by atoms with E-state index in [2.05, 4.69) is 5.32 Å². The molecule has 1 atom stereocenters. The number of rotatable bonds is 9. The highest BCUT2D eigenvalue weighted by Crippen LogP contribution is 2.27. The van der Waals surface area contributed by atoms with Crippen molar-refractivity contribution in [2.75, 3.05) is 27.8 Å². The Morgan fingerprint density at radius 2 is 1.70 bits per heavy atom. The summed E-state index contributed by atoms with van der Waals surface area (Å²) >= 11 is 0. The maximum absolute atomic E-state index is 13.0. The second kappa shape index (κ2) is 10.7. The van der Waals surface area contributed by atoms with E-state index < -0.39 is 6.04 Å². The van der Waals surface area contributed by atoms with E-state index >= 15 is 0 Å². The summed E-state index contributed by atoms with van der Waals surface area (Å²) in [4.78, 5) is 27.4. The number of carbonyl (C=O) groups is 2. The van der Waals surface area contributed by atoms with E-state index in [1.807, 2.05) is 57.2 Å². The zero-order valence-corrected chi connectivity index (χ0v) is 18.7. The third kappa shape index (κ3) is 5.75. The van der Waals surface area contributed by atoms with Crippen LogP contribution in [-0.2, 0) is 11.2 Å². The number of carbonyl (C=O) groups excluding carboxylic acids is 2. The fourth-order valence-corrected chi connectivity index (χ4v) is 3.24. The van der Waals surface area contributed by atoms with Crippen LogP contribution in [0.4, 0.5) is 0 Å². The molecule has 0 aliphatic carbocycles. The Hall–Kier alpha value is -3.02. The largest absolute Gasteiger partial charge is 0.493 e. The topological polar surface area (TPSA) is 67.9 Å². The Morgan fingerprint density at radius 3 is 2.30 bits per heavy atom. The number of methoxy groups -OCH3 is 2. The van der Waals surface area contributed by atoms with Gasteiger partial charge in [0, 0.05) is 19.2 Å². The molecule has 0 bridgehead atoms. The van der Waals surface area contributed by atoms with Gasteiger partial charge < -0.3 is 19.7 Å². The quantitative estimate of drug-likeness (QED) is 0.685. The van der Waals surface area contributed by atoms with Crippen LogP contribution in [0, 0.1) is 12.8 Å². The van der Waals surface area contributed by atoms with Crippen LogP contribution < -0.4 is 14.8 Å². The highest BCUT2D eigenvalue weighted by Gasteiger charge is 2.27. The summed E-state index contributed by atoms with van der Waals surface area (Å²) in [5.41, 5.74) is 2.51. The predicted molar refractivity (Wildman–Crippen MR) is 118 cm³/mol. The predicted octanol–water partition coefficient (Wildman–Crippen LogP) is 3.47. The second-order valence-corrected chi connectivity index (χ2v) is 7.71. The molecule has 0 fully saturated rings. The minimum absolute atomic E-state index is 0.0333. The summed E-state index contributed by atoms with van der Waals surface area (Å²) in [7, 11) is 4.96. The van der Waals surface area contributed by atoms with E-state index in [4.69, 9.17) is 9.47 Å². The molecule has 162 valence electrons. The van der Waals surface area contributed by atoms with Crippen molar-refractivity contribution in [1.29, 1.82) is 0 Å². The molecule has 30 heavy (non-hydrogen) atoms. The van der Waals surface area contributed by atoms with Crippen LogP contribution >= 0.6 is 0 Å². The number of likely N-dealkylation sites (N-methyl/N-ethyl adjacent to an activating group) is 1. The molecule has 2 amide bonds. The number of hydrogen-bond acceptors (Lipinski definition) is 4. The van der Waals surface area contributed by atoms with Crippen molar-refractivity contribution in [2.45, 2.75) is 33.2 Å². The van der Waals surface area contributed by atoms with Gasteiger partial charge in [0.15, 0.2) is 11.5 Å². The van der Waals surface area contributed by atoms with Crippen LogP contribution in [0.1, 0.15) is 35.3 Å². The first-order valence-electron chi connectivity index (χ1n) is 10.1. The average Bonchev–Trinajstić information content (AvgIpc) is 2.74. The molecule has 0 aliphatic heterocycles. The van der Waals surface area contributed by atoms with Gasteiger partial charge in [0.1, 0.15) is 6.04 Å².